The summed E-state index contributed by atoms with van der Waals surface area (Å²) in [5.41, 5.74) is 6.50. The van der Waals surface area contributed by atoms with Gasteiger partial charge in [0.05, 0.1) is 11.3 Å². The number of amides is 3. The lowest BCUT2D eigenvalue weighted by atomic mass is 10.1. The first-order valence-electron chi connectivity index (χ1n) is 8.75. The van der Waals surface area contributed by atoms with E-state index in [4.69, 9.17) is 0 Å². The Balaban J connectivity index is 1.45. The van der Waals surface area contributed by atoms with Gasteiger partial charge in [0.25, 0.3) is 11.8 Å². The van der Waals surface area contributed by atoms with Crippen molar-refractivity contribution >= 4 is 29.1 Å². The maximum Gasteiger partial charge on any atom is 0.269 e. The zero-order valence-electron chi connectivity index (χ0n) is 15.3. The fraction of sp³-hybridized carbons (Fsp3) is 0.0952. The van der Waals surface area contributed by atoms with E-state index in [1.165, 1.54) is 35.6 Å². The Kier molecular flexibility index (Phi) is 6.70. The summed E-state index contributed by atoms with van der Waals surface area (Å²) in [6.07, 6.45) is 0.0173. The molecule has 3 aromatic rings. The van der Waals surface area contributed by atoms with E-state index in [0.29, 0.717) is 22.5 Å². The molecule has 6 nitrogen and oxygen atoms in total. The Bertz CT molecular complexity index is 987. The average molecular weight is 411 g/mol. The predicted octanol–water partition coefficient (Wildman–Crippen LogP) is 2.82. The van der Waals surface area contributed by atoms with Crippen LogP contribution in [0.2, 0.25) is 0 Å². The normalized spacial score (nSPS) is 10.2. The van der Waals surface area contributed by atoms with Gasteiger partial charge in [-0.1, -0.05) is 30.3 Å². The van der Waals surface area contributed by atoms with Gasteiger partial charge in [-0.15, -0.1) is 11.3 Å². The average Bonchev–Trinajstić information content (AvgIpc) is 3.27. The highest BCUT2D eigenvalue weighted by Gasteiger charge is 2.09. The molecular formula is C21H18FN3O3S. The van der Waals surface area contributed by atoms with Gasteiger partial charge in [0.2, 0.25) is 5.91 Å². The summed E-state index contributed by atoms with van der Waals surface area (Å²) in [5, 5.41) is 4.64. The van der Waals surface area contributed by atoms with E-state index in [9.17, 15) is 18.8 Å². The zero-order chi connectivity index (χ0) is 20.6. The van der Waals surface area contributed by atoms with E-state index in [1.54, 1.807) is 30.3 Å². The number of carbonyl (C=O) groups is 3. The molecule has 0 atom stereocenters. The molecule has 0 spiro atoms. The molecule has 0 saturated carbocycles. The smallest absolute Gasteiger partial charge is 0.269 e. The van der Waals surface area contributed by atoms with Crippen molar-refractivity contribution in [2.75, 3.05) is 0 Å². The third-order valence-electron chi connectivity index (χ3n) is 4.01. The molecule has 0 radical (unpaired) electrons. The van der Waals surface area contributed by atoms with Crippen LogP contribution in [0.5, 0.6) is 0 Å². The summed E-state index contributed by atoms with van der Waals surface area (Å²) < 4.78 is 12.9. The second-order valence-corrected chi connectivity index (χ2v) is 7.11. The second-order valence-electron chi connectivity index (χ2n) is 6.16. The molecule has 2 aromatic carbocycles. The Morgan fingerprint density at radius 3 is 2.17 bits per heavy atom. The fourth-order valence-electron chi connectivity index (χ4n) is 2.48. The Labute approximate surface area is 170 Å². The number of carbonyl (C=O) groups excluding carboxylic acids is 3. The molecule has 3 amide bonds. The van der Waals surface area contributed by atoms with E-state index in [1.807, 2.05) is 11.4 Å². The van der Waals surface area contributed by atoms with Crippen LogP contribution in [0.15, 0.2) is 66.0 Å². The van der Waals surface area contributed by atoms with Gasteiger partial charge in [-0.3, -0.25) is 25.2 Å². The van der Waals surface area contributed by atoms with Crippen molar-refractivity contribution in [3.05, 3.63) is 93.4 Å². The highest BCUT2D eigenvalue weighted by Crippen LogP contribution is 2.09. The molecular weight excluding hydrogens is 393 g/mol. The van der Waals surface area contributed by atoms with Crippen molar-refractivity contribution in [1.29, 1.82) is 0 Å². The Morgan fingerprint density at radius 1 is 0.828 bits per heavy atom. The Morgan fingerprint density at radius 2 is 1.52 bits per heavy atom. The molecule has 0 aliphatic rings. The van der Waals surface area contributed by atoms with Crippen molar-refractivity contribution in [3.63, 3.8) is 0 Å². The maximum absolute atomic E-state index is 12.9. The molecule has 29 heavy (non-hydrogen) atoms. The standard InChI is InChI=1S/C21H18FN3O3S/c22-17-9-5-14(6-10-17)12-19(26)24-25-20(27)16-7-3-15(4-8-16)13-23-21(28)18-2-1-11-29-18/h1-11H,12-13H2,(H,23,28)(H,24,26)(H,25,27). The van der Waals surface area contributed by atoms with Crippen molar-refractivity contribution in [2.45, 2.75) is 13.0 Å². The number of hydrazine groups is 1. The van der Waals surface area contributed by atoms with Crippen molar-refractivity contribution < 1.29 is 18.8 Å². The van der Waals surface area contributed by atoms with Crippen LogP contribution in [-0.4, -0.2) is 17.7 Å². The lowest BCUT2D eigenvalue weighted by Gasteiger charge is -2.09. The molecule has 1 aromatic heterocycles. The van der Waals surface area contributed by atoms with Gasteiger partial charge in [-0.25, -0.2) is 4.39 Å². The van der Waals surface area contributed by atoms with E-state index < -0.39 is 11.8 Å². The zero-order valence-corrected chi connectivity index (χ0v) is 16.1. The molecule has 0 saturated heterocycles. The SMILES string of the molecule is O=C(Cc1ccc(F)cc1)NNC(=O)c1ccc(CNC(=O)c2cccs2)cc1. The van der Waals surface area contributed by atoms with Gasteiger partial charge < -0.3 is 5.32 Å². The van der Waals surface area contributed by atoms with Crippen LogP contribution >= 0.6 is 11.3 Å². The van der Waals surface area contributed by atoms with Gasteiger partial charge in [0, 0.05) is 12.1 Å². The minimum absolute atomic E-state index is 0.0173. The van der Waals surface area contributed by atoms with Crippen LogP contribution < -0.4 is 16.2 Å². The first-order valence-corrected chi connectivity index (χ1v) is 9.63. The van der Waals surface area contributed by atoms with Crippen LogP contribution in [0.1, 0.15) is 31.2 Å². The van der Waals surface area contributed by atoms with Gasteiger partial charge >= 0.3 is 0 Å². The minimum Gasteiger partial charge on any atom is -0.347 e. The predicted molar refractivity (Wildman–Crippen MR) is 108 cm³/mol. The van der Waals surface area contributed by atoms with Crippen molar-refractivity contribution in [3.8, 4) is 0 Å². The molecule has 3 N–H and O–H groups in total. The molecule has 8 heteroatoms. The van der Waals surface area contributed by atoms with E-state index in [0.717, 1.165) is 5.56 Å². The molecule has 0 bridgehead atoms. The lowest BCUT2D eigenvalue weighted by molar-refractivity contribution is -0.121. The minimum atomic E-state index is -0.466. The first kappa shape index (κ1) is 20.2. The molecule has 1 heterocycles. The van der Waals surface area contributed by atoms with Crippen LogP contribution in [0.3, 0.4) is 0 Å². The number of hydrogen-bond acceptors (Lipinski definition) is 4. The van der Waals surface area contributed by atoms with E-state index >= 15 is 0 Å². The quantitative estimate of drug-likeness (QED) is 0.545. The van der Waals surface area contributed by atoms with Crippen LogP contribution in [0, 0.1) is 5.82 Å². The summed E-state index contributed by atoms with van der Waals surface area (Å²) in [7, 11) is 0. The summed E-state index contributed by atoms with van der Waals surface area (Å²) in [6.45, 7) is 0.340. The van der Waals surface area contributed by atoms with Crippen LogP contribution in [-0.2, 0) is 17.8 Å². The number of thiophene rings is 1. The van der Waals surface area contributed by atoms with Gasteiger partial charge in [0.15, 0.2) is 0 Å². The highest BCUT2D eigenvalue weighted by atomic mass is 32.1. The van der Waals surface area contributed by atoms with E-state index in [-0.39, 0.29) is 18.1 Å². The molecule has 148 valence electrons. The highest BCUT2D eigenvalue weighted by molar-refractivity contribution is 7.12. The molecule has 0 aliphatic heterocycles. The summed E-state index contributed by atoms with van der Waals surface area (Å²) >= 11 is 1.37. The fourth-order valence-corrected chi connectivity index (χ4v) is 3.12. The Hall–Kier alpha value is -3.52. The number of benzene rings is 2. The number of halogens is 1. The number of rotatable bonds is 6. The second kappa shape index (κ2) is 9.61. The van der Waals surface area contributed by atoms with Gasteiger partial charge in [0.1, 0.15) is 5.82 Å². The molecule has 3 rings (SSSR count). The van der Waals surface area contributed by atoms with Gasteiger partial charge in [-0.05, 0) is 46.8 Å². The lowest BCUT2D eigenvalue weighted by Crippen LogP contribution is -2.42. The van der Waals surface area contributed by atoms with Crippen molar-refractivity contribution in [2.24, 2.45) is 0 Å². The molecule has 0 unspecified atom stereocenters. The largest absolute Gasteiger partial charge is 0.347 e. The summed E-state index contributed by atoms with van der Waals surface area (Å²) in [4.78, 5) is 36.6. The van der Waals surface area contributed by atoms with Crippen LogP contribution in [0.4, 0.5) is 4.39 Å². The molecule has 0 aliphatic carbocycles. The van der Waals surface area contributed by atoms with Gasteiger partial charge in [-0.2, -0.15) is 0 Å². The third kappa shape index (κ3) is 5.98. The third-order valence-corrected chi connectivity index (χ3v) is 4.88. The number of nitrogens with one attached hydrogen (secondary N) is 3. The summed E-state index contributed by atoms with van der Waals surface area (Å²) in [6, 6.07) is 15.8. The summed E-state index contributed by atoms with van der Waals surface area (Å²) in [5.74, 6) is -1.41. The molecule has 0 fully saturated rings. The van der Waals surface area contributed by atoms with Crippen LogP contribution in [0.25, 0.3) is 0 Å². The maximum atomic E-state index is 12.9. The van der Waals surface area contributed by atoms with E-state index in [2.05, 4.69) is 16.2 Å². The topological polar surface area (TPSA) is 87.3 Å². The number of hydrogen-bond donors (Lipinski definition) is 3. The first-order chi connectivity index (χ1) is 14.0. The monoisotopic (exact) mass is 411 g/mol. The van der Waals surface area contributed by atoms with Crippen molar-refractivity contribution in [1.82, 2.24) is 16.2 Å².